The van der Waals surface area contributed by atoms with Crippen molar-refractivity contribution in [3.05, 3.63) is 47.4 Å². The first-order chi connectivity index (χ1) is 16.4. The highest BCUT2D eigenvalue weighted by Crippen LogP contribution is 2.41. The van der Waals surface area contributed by atoms with Gasteiger partial charge in [-0.25, -0.2) is 18.7 Å². The van der Waals surface area contributed by atoms with E-state index < -0.39 is 18.4 Å². The maximum absolute atomic E-state index is 12.8. The van der Waals surface area contributed by atoms with E-state index in [1.807, 2.05) is 13.0 Å². The topological polar surface area (TPSA) is 121 Å². The van der Waals surface area contributed by atoms with Crippen LogP contribution in [0.25, 0.3) is 11.3 Å². The van der Waals surface area contributed by atoms with Gasteiger partial charge in [-0.05, 0) is 23.8 Å². The Morgan fingerprint density at radius 1 is 1.41 bits per heavy atom. The van der Waals surface area contributed by atoms with Gasteiger partial charge < -0.3 is 20.5 Å². The highest BCUT2D eigenvalue weighted by molar-refractivity contribution is 5.76. The summed E-state index contributed by atoms with van der Waals surface area (Å²) in [6.07, 6.45) is 0.967. The van der Waals surface area contributed by atoms with E-state index >= 15 is 0 Å². The van der Waals surface area contributed by atoms with Gasteiger partial charge in [0.1, 0.15) is 12.6 Å². The van der Waals surface area contributed by atoms with Crippen LogP contribution in [0.15, 0.2) is 30.6 Å². The molecule has 0 aliphatic carbocycles. The van der Waals surface area contributed by atoms with Gasteiger partial charge in [-0.2, -0.15) is 10.4 Å². The summed E-state index contributed by atoms with van der Waals surface area (Å²) in [7, 11) is 1.55. The minimum Gasteiger partial charge on any atom is -0.395 e. The third kappa shape index (κ3) is 4.69. The molecule has 3 aromatic rings. The molecule has 178 valence electrons. The van der Waals surface area contributed by atoms with Gasteiger partial charge in [0, 0.05) is 43.4 Å². The number of nitriles is 1. The van der Waals surface area contributed by atoms with Crippen LogP contribution in [0.4, 0.5) is 26.1 Å². The predicted molar refractivity (Wildman–Crippen MR) is 122 cm³/mol. The van der Waals surface area contributed by atoms with Crippen LogP contribution in [0, 0.1) is 11.3 Å². The first-order valence-electron chi connectivity index (χ1n) is 10.7. The Morgan fingerprint density at radius 2 is 2.24 bits per heavy atom. The predicted octanol–water partition coefficient (Wildman–Crippen LogP) is 3.08. The van der Waals surface area contributed by atoms with Crippen molar-refractivity contribution in [2.45, 2.75) is 31.7 Å². The lowest BCUT2D eigenvalue weighted by atomic mass is 9.83. The number of benzene rings is 1. The molecule has 3 heterocycles. The fourth-order valence-corrected chi connectivity index (χ4v) is 3.95. The molecular formula is C23H25F2N7O2. The smallest absolute Gasteiger partial charge is 0.257 e. The molecular weight excluding hydrogens is 444 g/mol. The van der Waals surface area contributed by atoms with Crippen LogP contribution < -0.4 is 10.6 Å². The van der Waals surface area contributed by atoms with Crippen molar-refractivity contribution in [1.29, 1.82) is 5.26 Å². The van der Waals surface area contributed by atoms with Crippen LogP contribution in [-0.2, 0) is 23.1 Å². The van der Waals surface area contributed by atoms with Gasteiger partial charge >= 0.3 is 0 Å². The number of hydrogen-bond acceptors (Lipinski definition) is 8. The summed E-state index contributed by atoms with van der Waals surface area (Å²) in [5.74, 6) is 0.259. The number of aliphatic hydroxyl groups is 1. The Balaban J connectivity index is 1.67. The average molecular weight is 469 g/mol. The number of anilines is 3. The maximum atomic E-state index is 12.8. The van der Waals surface area contributed by atoms with Crippen LogP contribution in [-0.4, -0.2) is 58.1 Å². The van der Waals surface area contributed by atoms with Crippen LogP contribution in [0.1, 0.15) is 23.7 Å². The standard InChI is InChI=1S/C23H25F2N7O2/c1-23(13-33)12-28-21-15(9-26)7-14(8-16(21)23)17-3-5-27-22(29-17)30-19-10-32(11-20(24)25)31-18(19)4-6-34-2/h3,5,7-8,10,20,28,33H,4,6,11-13H2,1-2H3,(H,27,29,30)/t23-/m1/s1. The Bertz CT molecular complexity index is 1220. The van der Waals surface area contributed by atoms with Crippen LogP contribution in [0.3, 0.4) is 0 Å². The lowest BCUT2D eigenvalue weighted by molar-refractivity contribution is 0.121. The second-order valence-corrected chi connectivity index (χ2v) is 8.37. The number of fused-ring (bicyclic) bond motifs is 1. The summed E-state index contributed by atoms with van der Waals surface area (Å²) in [6, 6.07) is 7.59. The molecule has 0 fully saturated rings. The van der Waals surface area contributed by atoms with Crippen LogP contribution >= 0.6 is 0 Å². The number of rotatable bonds is 9. The molecule has 1 aliphatic rings. The number of aromatic nitrogens is 4. The highest BCUT2D eigenvalue weighted by Gasteiger charge is 2.36. The van der Waals surface area contributed by atoms with Crippen molar-refractivity contribution >= 4 is 17.3 Å². The Hall–Kier alpha value is -3.62. The van der Waals surface area contributed by atoms with Crippen molar-refractivity contribution in [3.8, 4) is 17.3 Å². The van der Waals surface area contributed by atoms with E-state index in [9.17, 15) is 19.1 Å². The van der Waals surface area contributed by atoms with E-state index in [2.05, 4.69) is 31.8 Å². The molecule has 0 amide bonds. The van der Waals surface area contributed by atoms with E-state index in [1.54, 1.807) is 25.4 Å². The zero-order chi connectivity index (χ0) is 24.3. The quantitative estimate of drug-likeness (QED) is 0.437. The van der Waals surface area contributed by atoms with Crippen molar-refractivity contribution < 1.29 is 18.6 Å². The molecule has 0 radical (unpaired) electrons. The van der Waals surface area contributed by atoms with Gasteiger partial charge in [0.15, 0.2) is 0 Å². The molecule has 1 aromatic carbocycles. The van der Waals surface area contributed by atoms with E-state index in [0.29, 0.717) is 47.8 Å². The molecule has 0 spiro atoms. The van der Waals surface area contributed by atoms with Gasteiger partial charge in [-0.3, -0.25) is 4.68 Å². The normalized spacial score (nSPS) is 16.9. The molecule has 11 heteroatoms. The fraction of sp³-hybridized carbons (Fsp3) is 0.391. The molecule has 2 aromatic heterocycles. The zero-order valence-corrected chi connectivity index (χ0v) is 18.8. The summed E-state index contributed by atoms with van der Waals surface area (Å²) in [4.78, 5) is 8.83. The Labute approximate surface area is 195 Å². The first kappa shape index (κ1) is 23.5. The summed E-state index contributed by atoms with van der Waals surface area (Å²) in [5.41, 5.74) is 3.88. The summed E-state index contributed by atoms with van der Waals surface area (Å²) >= 11 is 0. The Morgan fingerprint density at radius 3 is 2.94 bits per heavy atom. The minimum atomic E-state index is -2.53. The molecule has 0 unspecified atom stereocenters. The third-order valence-electron chi connectivity index (χ3n) is 5.82. The molecule has 1 atom stereocenters. The number of ether oxygens (including phenoxy) is 1. The number of halogens is 2. The van der Waals surface area contributed by atoms with Crippen LogP contribution in [0.2, 0.25) is 0 Å². The van der Waals surface area contributed by atoms with Crippen molar-refractivity contribution in [3.63, 3.8) is 0 Å². The van der Waals surface area contributed by atoms with Crippen molar-refractivity contribution in [2.75, 3.05) is 37.5 Å². The van der Waals surface area contributed by atoms with E-state index in [1.165, 1.54) is 10.9 Å². The molecule has 4 rings (SSSR count). The van der Waals surface area contributed by atoms with E-state index in [-0.39, 0.29) is 12.6 Å². The minimum absolute atomic E-state index is 0.0647. The second kappa shape index (κ2) is 9.70. The lowest BCUT2D eigenvalue weighted by Crippen LogP contribution is -2.28. The SMILES string of the molecule is COCCc1nn(CC(F)F)cc1Nc1nccc(-c2cc(C#N)c3c(c2)[C@@](C)(CO)CN3)n1. The van der Waals surface area contributed by atoms with Gasteiger partial charge in [0.2, 0.25) is 5.95 Å². The monoisotopic (exact) mass is 469 g/mol. The maximum Gasteiger partial charge on any atom is 0.257 e. The molecule has 0 saturated heterocycles. The average Bonchev–Trinajstić information content (AvgIpc) is 3.37. The summed E-state index contributed by atoms with van der Waals surface area (Å²) < 4.78 is 32.0. The summed E-state index contributed by atoms with van der Waals surface area (Å²) in [5, 5.41) is 30.1. The lowest BCUT2D eigenvalue weighted by Gasteiger charge is -2.21. The highest BCUT2D eigenvalue weighted by atomic mass is 19.3. The Kier molecular flexibility index (Phi) is 6.72. The number of nitrogens with one attached hydrogen (secondary N) is 2. The summed E-state index contributed by atoms with van der Waals surface area (Å²) in [6.45, 7) is 2.25. The van der Waals surface area contributed by atoms with Gasteiger partial charge in [0.05, 0.1) is 41.5 Å². The van der Waals surface area contributed by atoms with E-state index in [0.717, 1.165) is 11.3 Å². The van der Waals surface area contributed by atoms with Crippen molar-refractivity contribution in [1.82, 2.24) is 19.7 Å². The third-order valence-corrected chi connectivity index (χ3v) is 5.82. The second-order valence-electron chi connectivity index (χ2n) is 8.37. The number of nitrogens with zero attached hydrogens (tertiary/aromatic N) is 5. The molecule has 9 nitrogen and oxygen atoms in total. The number of methoxy groups -OCH3 is 1. The molecule has 3 N–H and O–H groups in total. The molecule has 34 heavy (non-hydrogen) atoms. The molecule has 0 bridgehead atoms. The fourth-order valence-electron chi connectivity index (χ4n) is 3.95. The van der Waals surface area contributed by atoms with E-state index in [4.69, 9.17) is 4.74 Å². The number of aliphatic hydroxyl groups excluding tert-OH is 1. The van der Waals surface area contributed by atoms with Gasteiger partial charge in [-0.15, -0.1) is 0 Å². The largest absolute Gasteiger partial charge is 0.395 e. The number of hydrogen-bond donors (Lipinski definition) is 3. The molecule has 1 aliphatic heterocycles. The zero-order valence-electron chi connectivity index (χ0n) is 18.8. The van der Waals surface area contributed by atoms with Gasteiger partial charge in [0.25, 0.3) is 6.43 Å². The van der Waals surface area contributed by atoms with Crippen LogP contribution in [0.5, 0.6) is 0 Å². The number of alkyl halides is 2. The van der Waals surface area contributed by atoms with Crippen molar-refractivity contribution in [2.24, 2.45) is 0 Å². The van der Waals surface area contributed by atoms with Gasteiger partial charge in [-0.1, -0.05) is 6.92 Å². The first-order valence-corrected chi connectivity index (χ1v) is 10.7. The molecule has 0 saturated carbocycles.